The molecule has 0 unspecified atom stereocenters. The van der Waals surface area contributed by atoms with Crippen LogP contribution in [0.3, 0.4) is 0 Å². The quantitative estimate of drug-likeness (QED) is 0.500. The SMILES string of the molecule is NS(=O)(=O)/C=C/CO. The van der Waals surface area contributed by atoms with Gasteiger partial charge in [-0.3, -0.25) is 0 Å². The van der Waals surface area contributed by atoms with E-state index >= 15 is 0 Å². The van der Waals surface area contributed by atoms with Gasteiger partial charge in [-0.2, -0.15) is 0 Å². The average molecular weight is 137 g/mol. The fourth-order valence-electron chi connectivity index (χ4n) is 0.177. The summed E-state index contributed by atoms with van der Waals surface area (Å²) in [6.07, 6.45) is 1.05. The molecule has 0 spiro atoms. The summed E-state index contributed by atoms with van der Waals surface area (Å²) >= 11 is 0. The van der Waals surface area contributed by atoms with Gasteiger partial charge >= 0.3 is 0 Å². The first kappa shape index (κ1) is 7.61. The summed E-state index contributed by atoms with van der Waals surface area (Å²) in [4.78, 5) is 0. The van der Waals surface area contributed by atoms with Crippen LogP contribution in [-0.4, -0.2) is 20.1 Å². The molecule has 0 aliphatic heterocycles. The monoisotopic (exact) mass is 137 g/mol. The lowest BCUT2D eigenvalue weighted by molar-refractivity contribution is 0.343. The predicted octanol–water partition coefficient (Wildman–Crippen LogP) is -1.22. The molecule has 0 amide bonds. The Bertz CT molecular complexity index is 169. The van der Waals surface area contributed by atoms with Crippen molar-refractivity contribution in [2.24, 2.45) is 5.14 Å². The van der Waals surface area contributed by atoms with Crippen LogP contribution in [0.5, 0.6) is 0 Å². The largest absolute Gasteiger partial charge is 0.392 e. The number of hydrogen-bond acceptors (Lipinski definition) is 3. The molecule has 0 aliphatic rings. The summed E-state index contributed by atoms with van der Waals surface area (Å²) in [5, 5.41) is 13.3. The fourth-order valence-corrected chi connectivity index (χ4v) is 0.531. The van der Waals surface area contributed by atoms with E-state index in [1.54, 1.807) is 0 Å². The van der Waals surface area contributed by atoms with Crippen molar-refractivity contribution in [2.45, 2.75) is 0 Å². The molecule has 5 heteroatoms. The zero-order valence-corrected chi connectivity index (χ0v) is 4.93. The van der Waals surface area contributed by atoms with Gasteiger partial charge in [-0.15, -0.1) is 0 Å². The summed E-state index contributed by atoms with van der Waals surface area (Å²) in [6, 6.07) is 0. The Morgan fingerprint density at radius 3 is 2.25 bits per heavy atom. The summed E-state index contributed by atoms with van der Waals surface area (Å²) < 4.78 is 19.9. The third-order valence-electron chi connectivity index (χ3n) is 0.391. The van der Waals surface area contributed by atoms with E-state index in [0.29, 0.717) is 0 Å². The summed E-state index contributed by atoms with van der Waals surface area (Å²) in [7, 11) is -3.53. The van der Waals surface area contributed by atoms with Crippen molar-refractivity contribution in [1.82, 2.24) is 0 Å². The molecule has 0 aromatic heterocycles. The average Bonchev–Trinajstić information content (AvgIpc) is 1.59. The van der Waals surface area contributed by atoms with Gasteiger partial charge in [0.2, 0.25) is 10.0 Å². The normalized spacial score (nSPS) is 12.8. The van der Waals surface area contributed by atoms with E-state index in [1.165, 1.54) is 0 Å². The molecular formula is C3H7NO3S. The molecule has 48 valence electrons. The van der Waals surface area contributed by atoms with Crippen LogP contribution < -0.4 is 5.14 Å². The molecule has 0 saturated carbocycles. The Balaban J connectivity index is 3.92. The van der Waals surface area contributed by atoms with Crippen LogP contribution in [0.15, 0.2) is 11.5 Å². The van der Waals surface area contributed by atoms with Crippen LogP contribution >= 0.6 is 0 Å². The Hall–Kier alpha value is -0.390. The first-order chi connectivity index (χ1) is 3.56. The molecule has 0 bridgehead atoms. The van der Waals surface area contributed by atoms with Gasteiger partial charge in [-0.1, -0.05) is 0 Å². The number of aliphatic hydroxyl groups excluding tert-OH is 1. The molecule has 0 saturated heterocycles. The smallest absolute Gasteiger partial charge is 0.230 e. The number of nitrogens with two attached hydrogens (primary N) is 1. The van der Waals surface area contributed by atoms with Crippen LogP contribution in [-0.2, 0) is 10.0 Å². The minimum atomic E-state index is -3.53. The lowest BCUT2D eigenvalue weighted by Gasteiger charge is -1.80. The Kier molecular flexibility index (Phi) is 2.67. The maximum atomic E-state index is 9.97. The number of aliphatic hydroxyl groups is 1. The number of primary sulfonamides is 1. The van der Waals surface area contributed by atoms with Crippen molar-refractivity contribution in [1.29, 1.82) is 0 Å². The Morgan fingerprint density at radius 2 is 2.12 bits per heavy atom. The molecular weight excluding hydrogens is 130 g/mol. The van der Waals surface area contributed by atoms with Crippen molar-refractivity contribution in [3.63, 3.8) is 0 Å². The maximum absolute atomic E-state index is 9.97. The van der Waals surface area contributed by atoms with Gasteiger partial charge < -0.3 is 5.11 Å². The molecule has 0 atom stereocenters. The number of sulfonamides is 1. The number of hydrogen-bond donors (Lipinski definition) is 2. The molecule has 0 aliphatic carbocycles. The van der Waals surface area contributed by atoms with Crippen molar-refractivity contribution in [3.8, 4) is 0 Å². The topological polar surface area (TPSA) is 80.4 Å². The highest BCUT2D eigenvalue weighted by Gasteiger charge is 1.89. The third-order valence-corrected chi connectivity index (χ3v) is 0.963. The summed E-state index contributed by atoms with van der Waals surface area (Å²) in [5.74, 6) is 0. The van der Waals surface area contributed by atoms with Gasteiger partial charge in [-0.05, 0) is 6.08 Å². The highest BCUT2D eigenvalue weighted by atomic mass is 32.2. The van der Waals surface area contributed by atoms with Gasteiger partial charge in [0, 0.05) is 5.41 Å². The van der Waals surface area contributed by atoms with E-state index in [0.717, 1.165) is 11.5 Å². The van der Waals surface area contributed by atoms with Crippen molar-refractivity contribution in [3.05, 3.63) is 11.5 Å². The van der Waals surface area contributed by atoms with Crippen LogP contribution in [0.4, 0.5) is 0 Å². The minimum absolute atomic E-state index is 0.309. The molecule has 0 aromatic carbocycles. The fraction of sp³-hybridized carbons (Fsp3) is 0.333. The predicted molar refractivity (Wildman–Crippen MR) is 29.3 cm³/mol. The Morgan fingerprint density at radius 1 is 1.62 bits per heavy atom. The van der Waals surface area contributed by atoms with Gasteiger partial charge in [0.25, 0.3) is 0 Å². The van der Waals surface area contributed by atoms with E-state index in [4.69, 9.17) is 5.11 Å². The highest BCUT2D eigenvalue weighted by molar-refractivity contribution is 7.92. The zero-order valence-electron chi connectivity index (χ0n) is 4.11. The van der Waals surface area contributed by atoms with E-state index in [-0.39, 0.29) is 6.61 Å². The summed E-state index contributed by atoms with van der Waals surface area (Å²) in [5.41, 5.74) is 0. The first-order valence-electron chi connectivity index (χ1n) is 1.86. The van der Waals surface area contributed by atoms with E-state index < -0.39 is 10.0 Å². The third kappa shape index (κ3) is 5.61. The molecule has 0 aromatic rings. The molecule has 4 nitrogen and oxygen atoms in total. The minimum Gasteiger partial charge on any atom is -0.392 e. The van der Waals surface area contributed by atoms with Crippen LogP contribution in [0.2, 0.25) is 0 Å². The molecule has 8 heavy (non-hydrogen) atoms. The molecule has 0 heterocycles. The van der Waals surface area contributed by atoms with E-state index in [9.17, 15) is 8.42 Å². The van der Waals surface area contributed by atoms with E-state index in [1.807, 2.05) is 0 Å². The molecule has 0 fully saturated rings. The van der Waals surface area contributed by atoms with Crippen LogP contribution in [0, 0.1) is 0 Å². The Labute approximate surface area is 47.7 Å². The second-order valence-electron chi connectivity index (χ2n) is 1.14. The van der Waals surface area contributed by atoms with E-state index in [2.05, 4.69) is 5.14 Å². The van der Waals surface area contributed by atoms with Crippen LogP contribution in [0.1, 0.15) is 0 Å². The van der Waals surface area contributed by atoms with Gasteiger partial charge in [0.15, 0.2) is 0 Å². The van der Waals surface area contributed by atoms with Gasteiger partial charge in [0.05, 0.1) is 6.61 Å². The first-order valence-corrected chi connectivity index (χ1v) is 3.47. The lowest BCUT2D eigenvalue weighted by atomic mass is 10.7. The molecule has 3 N–H and O–H groups in total. The lowest BCUT2D eigenvalue weighted by Crippen LogP contribution is -2.07. The molecule has 0 radical (unpaired) electrons. The highest BCUT2D eigenvalue weighted by Crippen LogP contribution is 1.77. The van der Waals surface area contributed by atoms with Crippen molar-refractivity contribution >= 4 is 10.0 Å². The van der Waals surface area contributed by atoms with Crippen LogP contribution in [0.25, 0.3) is 0 Å². The zero-order chi connectivity index (χ0) is 6.62. The maximum Gasteiger partial charge on any atom is 0.230 e. The summed E-state index contributed by atoms with van der Waals surface area (Å²) in [6.45, 7) is -0.309. The van der Waals surface area contributed by atoms with Crippen molar-refractivity contribution < 1.29 is 13.5 Å². The van der Waals surface area contributed by atoms with Gasteiger partial charge in [-0.25, -0.2) is 13.6 Å². The second kappa shape index (κ2) is 2.81. The van der Waals surface area contributed by atoms with Gasteiger partial charge in [0.1, 0.15) is 0 Å². The molecule has 0 rings (SSSR count). The number of rotatable bonds is 2. The van der Waals surface area contributed by atoms with Crippen molar-refractivity contribution in [2.75, 3.05) is 6.61 Å². The second-order valence-corrected chi connectivity index (χ2v) is 2.59. The standard InChI is InChI=1S/C3H7NO3S/c4-8(6,7)3-1-2-5/h1,3,5H,2H2,(H2,4,6,7)/b3-1+.